The Labute approximate surface area is 167 Å². The van der Waals surface area contributed by atoms with Crippen LogP contribution in [-0.4, -0.2) is 64.6 Å². The predicted molar refractivity (Wildman–Crippen MR) is 107 cm³/mol. The van der Waals surface area contributed by atoms with Crippen molar-refractivity contribution in [1.82, 2.24) is 25.3 Å². The summed E-state index contributed by atoms with van der Waals surface area (Å²) in [6, 6.07) is 1.10. The lowest BCUT2D eigenvalue weighted by molar-refractivity contribution is -0.122. The van der Waals surface area contributed by atoms with Crippen molar-refractivity contribution in [2.45, 2.75) is 65.1 Å². The number of amides is 1. The lowest BCUT2D eigenvalue weighted by Crippen LogP contribution is -2.65. The molecule has 7 nitrogen and oxygen atoms in total. The number of aromatic nitrogens is 2. The Morgan fingerprint density at radius 3 is 2.75 bits per heavy atom. The van der Waals surface area contributed by atoms with Crippen molar-refractivity contribution >= 4 is 11.7 Å². The smallest absolute Gasteiger partial charge is 0.241 e. The number of hydrogen-bond donors (Lipinski definition) is 2. The summed E-state index contributed by atoms with van der Waals surface area (Å²) in [5.41, 5.74) is 2.10. The molecule has 1 amide bonds. The van der Waals surface area contributed by atoms with Gasteiger partial charge in [-0.15, -0.1) is 0 Å². The normalized spacial score (nSPS) is 30.0. The summed E-state index contributed by atoms with van der Waals surface area (Å²) in [7, 11) is 0. The SMILES string of the molecule is CC(=O)c1c(C)nn(CC(=O)NC[C@H]2[C@@H]3CNC[C@@H](C3)[C@@H]3CCCCN32)c1C. The van der Waals surface area contributed by atoms with E-state index in [2.05, 4.69) is 20.6 Å². The maximum Gasteiger partial charge on any atom is 0.241 e. The molecule has 4 rings (SSSR count). The van der Waals surface area contributed by atoms with Crippen LogP contribution in [0.1, 0.15) is 54.4 Å². The topological polar surface area (TPSA) is 79.3 Å². The molecule has 3 fully saturated rings. The van der Waals surface area contributed by atoms with Crippen LogP contribution in [-0.2, 0) is 11.3 Å². The number of nitrogens with zero attached hydrogens (tertiary/aromatic N) is 3. The van der Waals surface area contributed by atoms with Gasteiger partial charge in [-0.1, -0.05) is 6.42 Å². The summed E-state index contributed by atoms with van der Waals surface area (Å²) in [6.45, 7) is 9.46. The van der Waals surface area contributed by atoms with Crippen molar-refractivity contribution in [2.24, 2.45) is 11.8 Å². The van der Waals surface area contributed by atoms with Gasteiger partial charge in [0.05, 0.1) is 11.3 Å². The average Bonchev–Trinajstić information content (AvgIpc) is 2.95. The van der Waals surface area contributed by atoms with Crippen LogP contribution in [0.2, 0.25) is 0 Å². The zero-order valence-electron chi connectivity index (χ0n) is 17.3. The van der Waals surface area contributed by atoms with Gasteiger partial charge in [0.25, 0.3) is 0 Å². The van der Waals surface area contributed by atoms with E-state index in [4.69, 9.17) is 0 Å². The Balaban J connectivity index is 1.40. The Morgan fingerprint density at radius 1 is 1.21 bits per heavy atom. The van der Waals surface area contributed by atoms with Crippen LogP contribution in [0, 0.1) is 25.7 Å². The quantitative estimate of drug-likeness (QED) is 0.744. The standard InChI is InChI=1S/C21H33N5O2/c1-13-21(15(3)27)14(2)26(24-13)12-20(28)23-11-19-17-8-16(9-22-10-17)18-6-4-5-7-25(18)19/h16-19,22H,4-12H2,1-3H3,(H,23,28)/t16-,17+,18+,19+/m1/s1. The fourth-order valence-corrected chi connectivity index (χ4v) is 5.82. The zero-order chi connectivity index (χ0) is 19.8. The first-order valence-corrected chi connectivity index (χ1v) is 10.7. The summed E-state index contributed by atoms with van der Waals surface area (Å²) in [5, 5.41) is 11.2. The highest BCUT2D eigenvalue weighted by Gasteiger charge is 2.45. The minimum Gasteiger partial charge on any atom is -0.353 e. The predicted octanol–water partition coefficient (Wildman–Crippen LogP) is 1.28. The maximum absolute atomic E-state index is 12.6. The van der Waals surface area contributed by atoms with Crippen LogP contribution in [0.5, 0.6) is 0 Å². The van der Waals surface area contributed by atoms with Crippen LogP contribution >= 0.6 is 0 Å². The molecule has 7 heteroatoms. The molecule has 3 aliphatic heterocycles. The van der Waals surface area contributed by atoms with Crippen molar-refractivity contribution in [2.75, 3.05) is 26.2 Å². The summed E-state index contributed by atoms with van der Waals surface area (Å²) >= 11 is 0. The van der Waals surface area contributed by atoms with Gasteiger partial charge in [-0.2, -0.15) is 5.10 Å². The number of aryl methyl sites for hydroxylation is 1. The Morgan fingerprint density at radius 2 is 2.00 bits per heavy atom. The fraction of sp³-hybridized carbons (Fsp3) is 0.762. The first-order valence-electron chi connectivity index (χ1n) is 10.7. The molecule has 0 saturated carbocycles. The number of piperidine rings is 3. The van der Waals surface area contributed by atoms with Crippen molar-refractivity contribution < 1.29 is 9.59 Å². The Kier molecular flexibility index (Phi) is 5.56. The zero-order valence-corrected chi connectivity index (χ0v) is 17.3. The molecule has 28 heavy (non-hydrogen) atoms. The van der Waals surface area contributed by atoms with E-state index in [-0.39, 0.29) is 18.2 Å². The lowest BCUT2D eigenvalue weighted by Gasteiger charge is -2.55. The lowest BCUT2D eigenvalue weighted by atomic mass is 9.73. The fourth-order valence-electron chi connectivity index (χ4n) is 5.82. The van der Waals surface area contributed by atoms with Crippen LogP contribution in [0.4, 0.5) is 0 Å². The van der Waals surface area contributed by atoms with Crippen LogP contribution in [0.15, 0.2) is 0 Å². The third-order valence-electron chi connectivity index (χ3n) is 7.06. The van der Waals surface area contributed by atoms with Crippen LogP contribution < -0.4 is 10.6 Å². The van der Waals surface area contributed by atoms with Gasteiger partial charge in [0.2, 0.25) is 5.91 Å². The van der Waals surface area contributed by atoms with Gasteiger partial charge < -0.3 is 10.6 Å². The summed E-state index contributed by atoms with van der Waals surface area (Å²) in [4.78, 5) is 27.1. The monoisotopic (exact) mass is 387 g/mol. The van der Waals surface area contributed by atoms with E-state index in [0.29, 0.717) is 35.8 Å². The Hall–Kier alpha value is -1.73. The van der Waals surface area contributed by atoms with Gasteiger partial charge in [0.1, 0.15) is 6.54 Å². The summed E-state index contributed by atoms with van der Waals surface area (Å²) in [5.74, 6) is 1.36. The molecule has 0 unspecified atom stereocenters. The first kappa shape index (κ1) is 19.6. The molecule has 4 atom stereocenters. The first-order chi connectivity index (χ1) is 13.5. The number of ketones is 1. The molecule has 2 N–H and O–H groups in total. The molecule has 0 aromatic carbocycles. The molecule has 4 heterocycles. The minimum absolute atomic E-state index is 0.000596. The van der Waals surface area contributed by atoms with Crippen molar-refractivity contribution in [3.8, 4) is 0 Å². The van der Waals surface area contributed by atoms with Crippen molar-refractivity contribution in [1.29, 1.82) is 0 Å². The number of carbonyl (C=O) groups is 2. The maximum atomic E-state index is 12.6. The molecule has 0 spiro atoms. The molecule has 0 aliphatic carbocycles. The van der Waals surface area contributed by atoms with E-state index in [9.17, 15) is 9.59 Å². The molecule has 0 radical (unpaired) electrons. The third kappa shape index (κ3) is 3.62. The molecular formula is C21H33N5O2. The van der Waals surface area contributed by atoms with E-state index in [1.807, 2.05) is 13.8 Å². The number of carbonyl (C=O) groups excluding carboxylic acids is 2. The highest BCUT2D eigenvalue weighted by molar-refractivity contribution is 5.96. The molecule has 1 aromatic heterocycles. The van der Waals surface area contributed by atoms with E-state index in [1.165, 1.54) is 25.7 Å². The number of nitrogens with one attached hydrogen (secondary N) is 2. The second kappa shape index (κ2) is 7.95. The average molecular weight is 388 g/mol. The number of rotatable bonds is 5. The molecule has 3 aliphatic rings. The number of hydrogen-bond acceptors (Lipinski definition) is 5. The molecule has 1 aromatic rings. The molecule has 2 bridgehead atoms. The van der Waals surface area contributed by atoms with Gasteiger partial charge in [0.15, 0.2) is 5.78 Å². The van der Waals surface area contributed by atoms with Gasteiger partial charge in [-0.3, -0.25) is 19.2 Å². The Bertz CT molecular complexity index is 758. The minimum atomic E-state index is -0.0276. The number of Topliss-reactive ketones (excluding diaryl/α,β-unsaturated/α-hetero) is 1. The third-order valence-corrected chi connectivity index (χ3v) is 7.06. The van der Waals surface area contributed by atoms with Crippen molar-refractivity contribution in [3.05, 3.63) is 17.0 Å². The summed E-state index contributed by atoms with van der Waals surface area (Å²) in [6.07, 6.45) is 5.18. The van der Waals surface area contributed by atoms with Gasteiger partial charge in [0, 0.05) is 24.3 Å². The van der Waals surface area contributed by atoms with E-state index < -0.39 is 0 Å². The van der Waals surface area contributed by atoms with Gasteiger partial charge >= 0.3 is 0 Å². The van der Waals surface area contributed by atoms with E-state index in [1.54, 1.807) is 11.6 Å². The van der Waals surface area contributed by atoms with Gasteiger partial charge in [-0.05, 0) is 71.5 Å². The molecular weight excluding hydrogens is 354 g/mol. The van der Waals surface area contributed by atoms with Crippen LogP contribution in [0.3, 0.4) is 0 Å². The van der Waals surface area contributed by atoms with Gasteiger partial charge in [-0.25, -0.2) is 0 Å². The van der Waals surface area contributed by atoms with Crippen molar-refractivity contribution in [3.63, 3.8) is 0 Å². The largest absolute Gasteiger partial charge is 0.353 e. The number of fused-ring (bicyclic) bond motifs is 4. The summed E-state index contributed by atoms with van der Waals surface area (Å²) < 4.78 is 1.66. The second-order valence-electron chi connectivity index (χ2n) is 8.85. The molecule has 154 valence electrons. The highest BCUT2D eigenvalue weighted by Crippen LogP contribution is 2.38. The highest BCUT2D eigenvalue weighted by atomic mass is 16.2. The van der Waals surface area contributed by atoms with Crippen LogP contribution in [0.25, 0.3) is 0 Å². The molecule has 3 saturated heterocycles. The van der Waals surface area contributed by atoms with E-state index >= 15 is 0 Å². The second-order valence-corrected chi connectivity index (χ2v) is 8.85. The van der Waals surface area contributed by atoms with E-state index in [0.717, 1.165) is 31.2 Å².